The summed E-state index contributed by atoms with van der Waals surface area (Å²) in [5, 5.41) is 0. The molecule has 130 valence electrons. The number of amides is 1. The summed E-state index contributed by atoms with van der Waals surface area (Å²) in [6, 6.07) is 5.33. The number of nitrogens with zero attached hydrogens (tertiary/aromatic N) is 1. The lowest BCUT2D eigenvalue weighted by Gasteiger charge is -2.34. The molecule has 1 atom stereocenters. The maximum atomic E-state index is 13.0. The lowest BCUT2D eigenvalue weighted by molar-refractivity contribution is -0.0110. The molecular weight excluding hydrogens is 310 g/mol. The predicted octanol–water partition coefficient (Wildman–Crippen LogP) is 3.36. The molecule has 3 heterocycles. The number of rotatable bonds is 5. The van der Waals surface area contributed by atoms with Crippen LogP contribution >= 0.6 is 0 Å². The minimum atomic E-state index is -0.262. The van der Waals surface area contributed by atoms with E-state index in [0.717, 1.165) is 11.3 Å². The first-order valence-electron chi connectivity index (χ1n) is 8.15. The Kier molecular flexibility index (Phi) is 5.06. The van der Waals surface area contributed by atoms with Crippen molar-refractivity contribution in [1.82, 2.24) is 4.90 Å². The molecule has 1 saturated heterocycles. The molecule has 1 amide bonds. The van der Waals surface area contributed by atoms with E-state index in [1.807, 2.05) is 32.0 Å². The number of furan rings is 2. The van der Waals surface area contributed by atoms with E-state index in [1.165, 1.54) is 0 Å². The highest BCUT2D eigenvalue weighted by Crippen LogP contribution is 2.30. The average molecular weight is 333 g/mol. The Morgan fingerprint density at radius 2 is 2.21 bits per heavy atom. The fourth-order valence-electron chi connectivity index (χ4n) is 2.95. The Morgan fingerprint density at radius 3 is 2.96 bits per heavy atom. The molecule has 6 nitrogen and oxygen atoms in total. The van der Waals surface area contributed by atoms with E-state index in [-0.39, 0.29) is 17.9 Å². The molecule has 1 fully saturated rings. The van der Waals surface area contributed by atoms with Gasteiger partial charge in [-0.15, -0.1) is 0 Å². The van der Waals surface area contributed by atoms with Gasteiger partial charge in [0.2, 0.25) is 0 Å². The van der Waals surface area contributed by atoms with Gasteiger partial charge in [0.25, 0.3) is 5.91 Å². The minimum Gasteiger partial charge on any atom is -0.461 e. The summed E-state index contributed by atoms with van der Waals surface area (Å²) in [5.41, 5.74) is 0.921. The van der Waals surface area contributed by atoms with E-state index >= 15 is 0 Å². The minimum absolute atomic E-state index is 0.123. The van der Waals surface area contributed by atoms with Gasteiger partial charge in [0.15, 0.2) is 5.76 Å². The molecule has 0 saturated carbocycles. The van der Waals surface area contributed by atoms with Gasteiger partial charge in [-0.2, -0.15) is 0 Å². The molecule has 6 heteroatoms. The Morgan fingerprint density at radius 1 is 1.38 bits per heavy atom. The van der Waals surface area contributed by atoms with Crippen LogP contribution in [0.1, 0.15) is 53.4 Å². The normalized spacial score (nSPS) is 18.3. The number of hydrogen-bond acceptors (Lipinski definition) is 5. The third-order valence-electron chi connectivity index (χ3n) is 4.20. The highest BCUT2D eigenvalue weighted by atomic mass is 16.5. The van der Waals surface area contributed by atoms with E-state index in [2.05, 4.69) is 0 Å². The van der Waals surface area contributed by atoms with Gasteiger partial charge in [-0.3, -0.25) is 4.79 Å². The highest BCUT2D eigenvalue weighted by Gasteiger charge is 2.34. The summed E-state index contributed by atoms with van der Waals surface area (Å²) in [7, 11) is 1.62. The maximum absolute atomic E-state index is 13.0. The van der Waals surface area contributed by atoms with Crippen LogP contribution in [0.25, 0.3) is 0 Å². The predicted molar refractivity (Wildman–Crippen MR) is 86.8 cm³/mol. The number of morpholine rings is 1. The van der Waals surface area contributed by atoms with Crippen molar-refractivity contribution in [3.63, 3.8) is 0 Å². The molecule has 0 N–H and O–H groups in total. The standard InChI is InChI=1S/C18H23NO5/c1-12(2)14-6-8-23-17(14)18(20)19-7-9-22-11-15(19)16-5-4-13(24-16)10-21-3/h4-6,8,12,15H,7,9-11H2,1-3H3. The van der Waals surface area contributed by atoms with E-state index in [9.17, 15) is 4.79 Å². The second-order valence-electron chi connectivity index (χ2n) is 6.19. The monoisotopic (exact) mass is 333 g/mol. The second kappa shape index (κ2) is 7.23. The number of carbonyl (C=O) groups excluding carboxylic acids is 1. The molecule has 1 aliphatic heterocycles. The van der Waals surface area contributed by atoms with Crippen LogP contribution in [0, 0.1) is 0 Å². The first-order chi connectivity index (χ1) is 11.6. The molecule has 3 rings (SSSR count). The number of hydrogen-bond donors (Lipinski definition) is 0. The van der Waals surface area contributed by atoms with Gasteiger partial charge in [-0.1, -0.05) is 13.8 Å². The summed E-state index contributed by atoms with van der Waals surface area (Å²) in [5.74, 6) is 1.93. The van der Waals surface area contributed by atoms with E-state index < -0.39 is 0 Å². The lowest BCUT2D eigenvalue weighted by atomic mass is 10.0. The van der Waals surface area contributed by atoms with Crippen molar-refractivity contribution in [2.24, 2.45) is 0 Å². The molecule has 0 bridgehead atoms. The summed E-state index contributed by atoms with van der Waals surface area (Å²) in [4.78, 5) is 14.8. The van der Waals surface area contributed by atoms with Crippen molar-refractivity contribution in [3.8, 4) is 0 Å². The Bertz CT molecular complexity index is 687. The van der Waals surface area contributed by atoms with E-state index in [4.69, 9.17) is 18.3 Å². The van der Waals surface area contributed by atoms with Gasteiger partial charge < -0.3 is 23.2 Å². The van der Waals surface area contributed by atoms with Gasteiger partial charge in [0, 0.05) is 19.2 Å². The quantitative estimate of drug-likeness (QED) is 0.839. The van der Waals surface area contributed by atoms with Crippen molar-refractivity contribution in [2.45, 2.75) is 32.4 Å². The van der Waals surface area contributed by atoms with Crippen LogP contribution < -0.4 is 0 Å². The highest BCUT2D eigenvalue weighted by molar-refractivity contribution is 5.93. The van der Waals surface area contributed by atoms with Crippen LogP contribution in [0.15, 0.2) is 33.3 Å². The van der Waals surface area contributed by atoms with Crippen molar-refractivity contribution in [2.75, 3.05) is 26.9 Å². The zero-order chi connectivity index (χ0) is 17.1. The van der Waals surface area contributed by atoms with Crippen LogP contribution in [0.4, 0.5) is 0 Å². The van der Waals surface area contributed by atoms with Crippen molar-refractivity contribution in [1.29, 1.82) is 0 Å². The van der Waals surface area contributed by atoms with E-state index in [1.54, 1.807) is 18.3 Å². The molecule has 0 spiro atoms. The first-order valence-corrected chi connectivity index (χ1v) is 8.15. The molecule has 1 unspecified atom stereocenters. The third-order valence-corrected chi connectivity index (χ3v) is 4.20. The third kappa shape index (κ3) is 3.25. The van der Waals surface area contributed by atoms with Crippen LogP contribution in [0.5, 0.6) is 0 Å². The number of methoxy groups -OCH3 is 1. The summed E-state index contributed by atoms with van der Waals surface area (Å²) >= 11 is 0. The molecule has 24 heavy (non-hydrogen) atoms. The largest absolute Gasteiger partial charge is 0.461 e. The first kappa shape index (κ1) is 16.8. The van der Waals surface area contributed by atoms with Gasteiger partial charge in [-0.25, -0.2) is 0 Å². The maximum Gasteiger partial charge on any atom is 0.290 e. The molecular formula is C18H23NO5. The van der Waals surface area contributed by atoms with Gasteiger partial charge >= 0.3 is 0 Å². The number of ether oxygens (including phenoxy) is 2. The SMILES string of the molecule is COCc1ccc(C2COCCN2C(=O)c2occc2C(C)C)o1. The Balaban J connectivity index is 1.86. The van der Waals surface area contributed by atoms with Crippen LogP contribution in [0.2, 0.25) is 0 Å². The molecule has 2 aromatic rings. The zero-order valence-corrected chi connectivity index (χ0v) is 14.3. The summed E-state index contributed by atoms with van der Waals surface area (Å²) < 4.78 is 21.9. The Labute approximate surface area is 141 Å². The number of carbonyl (C=O) groups is 1. The second-order valence-corrected chi connectivity index (χ2v) is 6.19. The van der Waals surface area contributed by atoms with Crippen molar-refractivity contribution < 1.29 is 23.1 Å². The van der Waals surface area contributed by atoms with Crippen molar-refractivity contribution >= 4 is 5.91 Å². The molecule has 0 aliphatic carbocycles. The molecule has 0 aromatic carbocycles. The van der Waals surface area contributed by atoms with Gasteiger partial charge in [0.1, 0.15) is 24.2 Å². The summed E-state index contributed by atoms with van der Waals surface area (Å²) in [6.45, 7) is 5.90. The van der Waals surface area contributed by atoms with Crippen LogP contribution in [-0.2, 0) is 16.1 Å². The average Bonchev–Trinajstić information content (AvgIpc) is 3.24. The van der Waals surface area contributed by atoms with Crippen LogP contribution in [0.3, 0.4) is 0 Å². The van der Waals surface area contributed by atoms with Crippen molar-refractivity contribution in [3.05, 3.63) is 47.3 Å². The van der Waals surface area contributed by atoms with Gasteiger partial charge in [0.05, 0.1) is 19.5 Å². The molecule has 1 aliphatic rings. The fourth-order valence-corrected chi connectivity index (χ4v) is 2.95. The van der Waals surface area contributed by atoms with E-state index in [0.29, 0.717) is 37.9 Å². The topological polar surface area (TPSA) is 65.1 Å². The fraction of sp³-hybridized carbons (Fsp3) is 0.500. The smallest absolute Gasteiger partial charge is 0.290 e. The summed E-state index contributed by atoms with van der Waals surface area (Å²) in [6.07, 6.45) is 1.57. The zero-order valence-electron chi connectivity index (χ0n) is 14.3. The van der Waals surface area contributed by atoms with Crippen LogP contribution in [-0.4, -0.2) is 37.7 Å². The lowest BCUT2D eigenvalue weighted by Crippen LogP contribution is -2.43. The van der Waals surface area contributed by atoms with Gasteiger partial charge in [-0.05, 0) is 24.1 Å². The molecule has 0 radical (unpaired) electrons. The Hall–Kier alpha value is -2.05. The molecule has 2 aromatic heterocycles.